The first-order chi connectivity index (χ1) is 13.1. The molecule has 29 heavy (non-hydrogen) atoms. The van der Waals surface area contributed by atoms with E-state index in [2.05, 4.69) is 6.58 Å². The van der Waals surface area contributed by atoms with Crippen LogP contribution in [0.2, 0.25) is 0 Å². The summed E-state index contributed by atoms with van der Waals surface area (Å²) in [5, 5.41) is 34.6. The molecule has 1 heterocycles. The average Bonchev–Trinajstić information content (AvgIpc) is 2.60. The number of esters is 1. The second-order valence-electron chi connectivity index (χ2n) is 10.4. The van der Waals surface area contributed by atoms with Gasteiger partial charge in [0.05, 0.1) is 11.7 Å². The maximum absolute atomic E-state index is 13.5. The number of aliphatic hydroxyl groups excluding tert-OH is 2. The van der Waals surface area contributed by atoms with Crippen LogP contribution in [-0.4, -0.2) is 62.2 Å². The molecule has 7 heteroatoms. The summed E-state index contributed by atoms with van der Waals surface area (Å²) in [5.41, 5.74) is -7.03. The van der Waals surface area contributed by atoms with E-state index < -0.39 is 63.6 Å². The van der Waals surface area contributed by atoms with Crippen LogP contribution in [0.5, 0.6) is 0 Å². The number of rotatable bonds is 2. The molecule has 1 aliphatic heterocycles. The normalized spacial score (nSPS) is 51.6. The van der Waals surface area contributed by atoms with Gasteiger partial charge in [0.15, 0.2) is 11.4 Å². The molecule has 3 rings (SSSR count). The summed E-state index contributed by atoms with van der Waals surface area (Å²) < 4.78 is 11.8. The van der Waals surface area contributed by atoms with Crippen molar-refractivity contribution in [2.75, 3.05) is 0 Å². The molecule has 0 radical (unpaired) electrons. The highest BCUT2D eigenvalue weighted by Crippen LogP contribution is 2.67. The van der Waals surface area contributed by atoms with Crippen molar-refractivity contribution in [2.24, 2.45) is 16.7 Å². The van der Waals surface area contributed by atoms with E-state index in [1.54, 1.807) is 13.8 Å². The summed E-state index contributed by atoms with van der Waals surface area (Å²) in [7, 11) is 0. The lowest BCUT2D eigenvalue weighted by molar-refractivity contribution is -0.370. The van der Waals surface area contributed by atoms with Crippen molar-refractivity contribution in [2.45, 2.75) is 95.9 Å². The molecule has 0 amide bonds. The van der Waals surface area contributed by atoms with Gasteiger partial charge in [-0.1, -0.05) is 26.8 Å². The molecule has 1 saturated heterocycles. The second kappa shape index (κ2) is 6.36. The first-order valence-electron chi connectivity index (χ1n) is 10.2. The average molecular weight is 411 g/mol. The van der Waals surface area contributed by atoms with Crippen molar-refractivity contribution < 1.29 is 34.4 Å². The van der Waals surface area contributed by atoms with E-state index in [0.717, 1.165) is 0 Å². The fourth-order valence-electron chi connectivity index (χ4n) is 6.60. The van der Waals surface area contributed by atoms with Crippen molar-refractivity contribution in [3.63, 3.8) is 0 Å². The van der Waals surface area contributed by atoms with Gasteiger partial charge < -0.3 is 24.8 Å². The first-order valence-corrected chi connectivity index (χ1v) is 10.2. The largest absolute Gasteiger partial charge is 0.459 e. The third-order valence-corrected chi connectivity index (χ3v) is 8.04. The van der Waals surface area contributed by atoms with E-state index in [1.807, 2.05) is 13.8 Å². The molecule has 0 aromatic heterocycles. The van der Waals surface area contributed by atoms with Gasteiger partial charge in [-0.2, -0.15) is 0 Å². The molecule has 3 aliphatic rings. The van der Waals surface area contributed by atoms with E-state index in [1.165, 1.54) is 19.9 Å². The standard InChI is InChI=1S/C22H34O7/c1-8-19(5)11-14(25)22(27)20(6)13(24)9-10-18(3,4)16(20)15(28-12(2)23)17(26)21(22,7)29-19/h8,13,15-17,24,26-27H,1,9-11H2,2-7H3/t13-,15-,16-,17-,19-,20-,21+,22-/m1/s1. The lowest BCUT2D eigenvalue weighted by Gasteiger charge is -2.71. The third kappa shape index (κ3) is 2.63. The summed E-state index contributed by atoms with van der Waals surface area (Å²) in [6.07, 6.45) is -1.30. The van der Waals surface area contributed by atoms with Crippen molar-refractivity contribution in [1.29, 1.82) is 0 Å². The minimum absolute atomic E-state index is 0.136. The van der Waals surface area contributed by atoms with Crippen LogP contribution in [0, 0.1) is 16.7 Å². The monoisotopic (exact) mass is 410 g/mol. The highest BCUT2D eigenvalue weighted by molar-refractivity contribution is 5.92. The Hall–Kier alpha value is -1.28. The number of fused-ring (bicyclic) bond motifs is 3. The quantitative estimate of drug-likeness (QED) is 0.467. The van der Waals surface area contributed by atoms with Gasteiger partial charge in [0.2, 0.25) is 0 Å². The number of ketones is 1. The molecule has 0 unspecified atom stereocenters. The molecule has 3 N–H and O–H groups in total. The number of hydrogen-bond donors (Lipinski definition) is 3. The van der Waals surface area contributed by atoms with Crippen LogP contribution >= 0.6 is 0 Å². The predicted octanol–water partition coefficient (Wildman–Crippen LogP) is 1.52. The fraction of sp³-hybridized carbons (Fsp3) is 0.818. The number of aliphatic hydroxyl groups is 3. The van der Waals surface area contributed by atoms with Gasteiger partial charge in [0, 0.05) is 24.7 Å². The Morgan fingerprint density at radius 3 is 2.34 bits per heavy atom. The molecule has 164 valence electrons. The van der Waals surface area contributed by atoms with Crippen LogP contribution in [-0.2, 0) is 19.1 Å². The molecular formula is C22H34O7. The Labute approximate surface area is 172 Å². The molecule has 8 atom stereocenters. The molecule has 0 bridgehead atoms. The highest BCUT2D eigenvalue weighted by atomic mass is 16.6. The molecule has 0 spiro atoms. The Balaban J connectivity index is 2.32. The van der Waals surface area contributed by atoms with Gasteiger partial charge in [-0.25, -0.2) is 0 Å². The summed E-state index contributed by atoms with van der Waals surface area (Å²) >= 11 is 0. The summed E-state index contributed by atoms with van der Waals surface area (Å²) in [6, 6.07) is 0. The van der Waals surface area contributed by atoms with Crippen LogP contribution in [0.4, 0.5) is 0 Å². The second-order valence-corrected chi connectivity index (χ2v) is 10.4. The third-order valence-electron chi connectivity index (χ3n) is 8.04. The molecule has 3 fully saturated rings. The van der Waals surface area contributed by atoms with Crippen LogP contribution in [0.25, 0.3) is 0 Å². The Bertz CT molecular complexity index is 747. The highest BCUT2D eigenvalue weighted by Gasteiger charge is 2.81. The number of ether oxygens (including phenoxy) is 2. The Morgan fingerprint density at radius 1 is 1.24 bits per heavy atom. The van der Waals surface area contributed by atoms with E-state index in [-0.39, 0.29) is 6.42 Å². The summed E-state index contributed by atoms with van der Waals surface area (Å²) in [4.78, 5) is 25.5. The van der Waals surface area contributed by atoms with Gasteiger partial charge in [-0.15, -0.1) is 6.58 Å². The number of hydrogen-bond acceptors (Lipinski definition) is 7. The minimum Gasteiger partial charge on any atom is -0.459 e. The summed E-state index contributed by atoms with van der Waals surface area (Å²) in [5.74, 6) is -1.77. The molecule has 2 aliphatic carbocycles. The smallest absolute Gasteiger partial charge is 0.303 e. The number of carbonyl (C=O) groups is 2. The lowest BCUT2D eigenvalue weighted by atomic mass is 9.40. The van der Waals surface area contributed by atoms with E-state index in [4.69, 9.17) is 9.47 Å². The van der Waals surface area contributed by atoms with Gasteiger partial charge in [-0.3, -0.25) is 9.59 Å². The van der Waals surface area contributed by atoms with E-state index in [0.29, 0.717) is 12.8 Å². The van der Waals surface area contributed by atoms with Crippen LogP contribution < -0.4 is 0 Å². The first kappa shape index (κ1) is 22.4. The predicted molar refractivity (Wildman–Crippen MR) is 105 cm³/mol. The zero-order valence-electron chi connectivity index (χ0n) is 18.2. The molecule has 2 saturated carbocycles. The maximum Gasteiger partial charge on any atom is 0.303 e. The number of carbonyl (C=O) groups excluding carboxylic acids is 2. The lowest BCUT2D eigenvalue weighted by Crippen LogP contribution is -2.86. The van der Waals surface area contributed by atoms with E-state index in [9.17, 15) is 24.9 Å². The van der Waals surface area contributed by atoms with Crippen LogP contribution in [0.1, 0.15) is 60.8 Å². The van der Waals surface area contributed by atoms with Crippen molar-refractivity contribution in [3.05, 3.63) is 12.7 Å². The summed E-state index contributed by atoms with van der Waals surface area (Å²) in [6.45, 7) is 13.6. The Morgan fingerprint density at radius 2 is 1.83 bits per heavy atom. The van der Waals surface area contributed by atoms with Gasteiger partial charge in [-0.05, 0) is 32.1 Å². The van der Waals surface area contributed by atoms with Crippen molar-refractivity contribution in [1.82, 2.24) is 0 Å². The maximum atomic E-state index is 13.5. The molecule has 7 nitrogen and oxygen atoms in total. The zero-order chi connectivity index (χ0) is 22.2. The molecule has 0 aromatic rings. The fourth-order valence-corrected chi connectivity index (χ4v) is 6.60. The van der Waals surface area contributed by atoms with Gasteiger partial charge in [0.1, 0.15) is 17.8 Å². The topological polar surface area (TPSA) is 113 Å². The number of Topliss-reactive ketones (excluding diaryl/α,β-unsaturated/α-hetero) is 1. The molecular weight excluding hydrogens is 376 g/mol. The van der Waals surface area contributed by atoms with Crippen molar-refractivity contribution in [3.8, 4) is 0 Å². The Kier molecular flexibility index (Phi) is 4.91. The van der Waals surface area contributed by atoms with Crippen molar-refractivity contribution >= 4 is 11.8 Å². The van der Waals surface area contributed by atoms with Gasteiger partial charge >= 0.3 is 5.97 Å². The minimum atomic E-state index is -2.18. The van der Waals surface area contributed by atoms with Crippen LogP contribution in [0.15, 0.2) is 12.7 Å². The van der Waals surface area contributed by atoms with Gasteiger partial charge in [0.25, 0.3) is 0 Å². The zero-order valence-corrected chi connectivity index (χ0v) is 18.2. The van der Waals surface area contributed by atoms with E-state index >= 15 is 0 Å². The SMILES string of the molecule is C=C[C@]1(C)CC(=O)[C@@]2(O)[C@]3(C)[C@H](O)CCC(C)(C)[C@H]3[C@@H](OC(C)=O)[C@@H](O)[C@]2(C)O1. The van der Waals surface area contributed by atoms with Crippen LogP contribution in [0.3, 0.4) is 0 Å². The molecule has 0 aromatic carbocycles.